The van der Waals surface area contributed by atoms with Crippen LogP contribution in [0.1, 0.15) is 18.2 Å². The Morgan fingerprint density at radius 3 is 2.94 bits per heavy atom. The minimum absolute atomic E-state index is 0. The Morgan fingerprint density at radius 1 is 1.50 bits per heavy atom. The molecule has 3 nitrogen and oxygen atoms in total. The molecule has 1 N–H and O–H groups in total. The average molecular weight is 242 g/mol. The summed E-state index contributed by atoms with van der Waals surface area (Å²) in [5.74, 6) is 0. The van der Waals surface area contributed by atoms with Crippen molar-refractivity contribution in [2.45, 2.75) is 26.4 Å². The van der Waals surface area contributed by atoms with Gasteiger partial charge in [0.25, 0.3) is 0 Å². The third-order valence-electron chi connectivity index (χ3n) is 3.00. The Morgan fingerprint density at radius 2 is 2.31 bits per heavy atom. The fraction of sp³-hybridized carbons (Fsp3) is 0.583. The second-order valence-electron chi connectivity index (χ2n) is 4.33. The van der Waals surface area contributed by atoms with E-state index in [0.717, 1.165) is 31.9 Å². The first-order chi connectivity index (χ1) is 7.25. The SMILES string of the molecule is Cc1ccc(CN2CCNC[C@H]2C)cn1.Cl. The highest BCUT2D eigenvalue weighted by molar-refractivity contribution is 5.85. The smallest absolute Gasteiger partial charge is 0.0372 e. The maximum atomic E-state index is 4.33. The van der Waals surface area contributed by atoms with Crippen LogP contribution in [0.15, 0.2) is 18.3 Å². The van der Waals surface area contributed by atoms with Crippen molar-refractivity contribution >= 4 is 12.4 Å². The fourth-order valence-corrected chi connectivity index (χ4v) is 1.94. The quantitative estimate of drug-likeness (QED) is 0.853. The van der Waals surface area contributed by atoms with Crippen LogP contribution >= 0.6 is 12.4 Å². The number of nitrogens with zero attached hydrogens (tertiary/aromatic N) is 2. The standard InChI is InChI=1S/C12H19N3.ClH/c1-10-3-4-12(8-14-10)9-15-6-5-13-7-11(15)2;/h3-4,8,11,13H,5-7,9H2,1-2H3;1H/t11-;/m1./s1. The molecule has 1 fully saturated rings. The number of pyridine rings is 1. The molecule has 0 bridgehead atoms. The van der Waals surface area contributed by atoms with E-state index in [2.05, 4.69) is 34.3 Å². The van der Waals surface area contributed by atoms with Crippen LogP contribution in [0.4, 0.5) is 0 Å². The summed E-state index contributed by atoms with van der Waals surface area (Å²) in [5, 5.41) is 3.40. The van der Waals surface area contributed by atoms with E-state index in [-0.39, 0.29) is 12.4 Å². The van der Waals surface area contributed by atoms with E-state index >= 15 is 0 Å². The fourth-order valence-electron chi connectivity index (χ4n) is 1.94. The molecule has 0 aromatic carbocycles. The summed E-state index contributed by atoms with van der Waals surface area (Å²) in [6, 6.07) is 4.89. The molecule has 16 heavy (non-hydrogen) atoms. The second-order valence-corrected chi connectivity index (χ2v) is 4.33. The molecule has 0 saturated carbocycles. The molecule has 1 aromatic heterocycles. The predicted octanol–water partition coefficient (Wildman–Crippen LogP) is 1.61. The molecule has 0 aliphatic carbocycles. The zero-order chi connectivity index (χ0) is 10.7. The van der Waals surface area contributed by atoms with Crippen molar-refractivity contribution in [2.75, 3.05) is 19.6 Å². The van der Waals surface area contributed by atoms with Gasteiger partial charge in [-0.2, -0.15) is 0 Å². The topological polar surface area (TPSA) is 28.2 Å². The molecule has 1 aromatic rings. The third-order valence-corrected chi connectivity index (χ3v) is 3.00. The van der Waals surface area contributed by atoms with E-state index in [9.17, 15) is 0 Å². The summed E-state index contributed by atoms with van der Waals surface area (Å²) < 4.78 is 0. The minimum atomic E-state index is 0. The van der Waals surface area contributed by atoms with Gasteiger partial charge in [-0.15, -0.1) is 12.4 Å². The number of hydrogen-bond acceptors (Lipinski definition) is 3. The number of aromatic nitrogens is 1. The van der Waals surface area contributed by atoms with Crippen molar-refractivity contribution in [1.29, 1.82) is 0 Å². The number of nitrogens with one attached hydrogen (secondary N) is 1. The number of aryl methyl sites for hydroxylation is 1. The Labute approximate surface area is 104 Å². The van der Waals surface area contributed by atoms with Gasteiger partial charge in [-0.1, -0.05) is 6.07 Å². The van der Waals surface area contributed by atoms with Crippen molar-refractivity contribution in [1.82, 2.24) is 15.2 Å². The summed E-state index contributed by atoms with van der Waals surface area (Å²) in [4.78, 5) is 6.83. The largest absolute Gasteiger partial charge is 0.314 e. The van der Waals surface area contributed by atoms with Crippen molar-refractivity contribution in [3.05, 3.63) is 29.6 Å². The van der Waals surface area contributed by atoms with Gasteiger partial charge < -0.3 is 5.32 Å². The molecule has 2 heterocycles. The lowest BCUT2D eigenvalue weighted by molar-refractivity contribution is 0.165. The minimum Gasteiger partial charge on any atom is -0.314 e. The van der Waals surface area contributed by atoms with Gasteiger partial charge in [-0.25, -0.2) is 0 Å². The molecule has 0 radical (unpaired) electrons. The number of rotatable bonds is 2. The van der Waals surface area contributed by atoms with Crippen LogP contribution in [-0.4, -0.2) is 35.6 Å². The highest BCUT2D eigenvalue weighted by atomic mass is 35.5. The zero-order valence-corrected chi connectivity index (χ0v) is 10.8. The summed E-state index contributed by atoms with van der Waals surface area (Å²) >= 11 is 0. The van der Waals surface area contributed by atoms with Gasteiger partial charge in [0, 0.05) is 44.1 Å². The highest BCUT2D eigenvalue weighted by Crippen LogP contribution is 2.09. The molecule has 1 atom stereocenters. The molecule has 1 aliphatic rings. The van der Waals surface area contributed by atoms with Gasteiger partial charge in [0.1, 0.15) is 0 Å². The van der Waals surface area contributed by atoms with Crippen LogP contribution < -0.4 is 5.32 Å². The monoisotopic (exact) mass is 241 g/mol. The Hall–Kier alpha value is -0.640. The van der Waals surface area contributed by atoms with Crippen LogP contribution in [-0.2, 0) is 6.54 Å². The second kappa shape index (κ2) is 6.18. The van der Waals surface area contributed by atoms with Crippen molar-refractivity contribution in [3.63, 3.8) is 0 Å². The van der Waals surface area contributed by atoms with Gasteiger partial charge in [0.05, 0.1) is 0 Å². The van der Waals surface area contributed by atoms with Crippen LogP contribution in [0.3, 0.4) is 0 Å². The summed E-state index contributed by atoms with van der Waals surface area (Å²) in [7, 11) is 0. The lowest BCUT2D eigenvalue weighted by atomic mass is 10.1. The third kappa shape index (κ3) is 3.44. The molecular weight excluding hydrogens is 222 g/mol. The Bertz CT molecular complexity index is 313. The van der Waals surface area contributed by atoms with Crippen molar-refractivity contribution in [3.8, 4) is 0 Å². The average Bonchev–Trinajstić information content (AvgIpc) is 2.25. The summed E-state index contributed by atoms with van der Waals surface area (Å²) in [6.45, 7) is 8.65. The van der Waals surface area contributed by atoms with Gasteiger partial charge >= 0.3 is 0 Å². The van der Waals surface area contributed by atoms with E-state index in [1.165, 1.54) is 5.56 Å². The maximum absolute atomic E-state index is 4.33. The van der Waals surface area contributed by atoms with E-state index < -0.39 is 0 Å². The first-order valence-electron chi connectivity index (χ1n) is 5.62. The van der Waals surface area contributed by atoms with Crippen LogP contribution in [0.5, 0.6) is 0 Å². The molecule has 1 saturated heterocycles. The molecule has 90 valence electrons. The summed E-state index contributed by atoms with van der Waals surface area (Å²) in [5.41, 5.74) is 2.40. The van der Waals surface area contributed by atoms with Gasteiger partial charge in [-0.3, -0.25) is 9.88 Å². The summed E-state index contributed by atoms with van der Waals surface area (Å²) in [6.07, 6.45) is 1.99. The molecule has 0 spiro atoms. The Balaban J connectivity index is 0.00000128. The molecule has 0 unspecified atom stereocenters. The highest BCUT2D eigenvalue weighted by Gasteiger charge is 2.17. The van der Waals surface area contributed by atoms with Crippen LogP contribution in [0, 0.1) is 6.92 Å². The molecule has 0 amide bonds. The lowest BCUT2D eigenvalue weighted by Gasteiger charge is -2.33. The zero-order valence-electron chi connectivity index (χ0n) is 9.94. The van der Waals surface area contributed by atoms with E-state index in [4.69, 9.17) is 0 Å². The molecule has 2 rings (SSSR count). The number of piperazine rings is 1. The van der Waals surface area contributed by atoms with E-state index in [1.54, 1.807) is 0 Å². The predicted molar refractivity (Wildman–Crippen MR) is 69.0 cm³/mol. The first kappa shape index (κ1) is 13.4. The van der Waals surface area contributed by atoms with Gasteiger partial charge in [0.15, 0.2) is 0 Å². The molecule has 4 heteroatoms. The van der Waals surface area contributed by atoms with Gasteiger partial charge in [-0.05, 0) is 25.5 Å². The van der Waals surface area contributed by atoms with E-state index in [1.807, 2.05) is 13.1 Å². The van der Waals surface area contributed by atoms with E-state index in [0.29, 0.717) is 6.04 Å². The van der Waals surface area contributed by atoms with Crippen molar-refractivity contribution in [2.24, 2.45) is 0 Å². The van der Waals surface area contributed by atoms with Crippen molar-refractivity contribution < 1.29 is 0 Å². The molecular formula is C12H20ClN3. The first-order valence-corrected chi connectivity index (χ1v) is 5.62. The van der Waals surface area contributed by atoms with Crippen LogP contribution in [0.25, 0.3) is 0 Å². The number of hydrogen-bond donors (Lipinski definition) is 1. The van der Waals surface area contributed by atoms with Gasteiger partial charge in [0.2, 0.25) is 0 Å². The normalized spacial score (nSPS) is 21.5. The number of halogens is 1. The molecule has 1 aliphatic heterocycles. The lowest BCUT2D eigenvalue weighted by Crippen LogP contribution is -2.49. The maximum Gasteiger partial charge on any atom is 0.0372 e. The van der Waals surface area contributed by atoms with Crippen LogP contribution in [0.2, 0.25) is 0 Å². The Kier molecular flexibility index (Phi) is 5.19.